The van der Waals surface area contributed by atoms with E-state index in [4.69, 9.17) is 13.9 Å². The Morgan fingerprint density at radius 1 is 1.36 bits per heavy atom. The van der Waals surface area contributed by atoms with Crippen molar-refractivity contribution in [2.45, 2.75) is 46.8 Å². The maximum Gasteiger partial charge on any atom is 0.245 e. The normalized spacial score (nSPS) is 15.9. The Hall–Kier alpha value is -2.89. The Morgan fingerprint density at radius 2 is 2.04 bits per heavy atom. The summed E-state index contributed by atoms with van der Waals surface area (Å²) in [6.07, 6.45) is 1.64. The molecule has 8 heteroatoms. The van der Waals surface area contributed by atoms with Crippen molar-refractivity contribution in [3.8, 4) is 12.0 Å². The fourth-order valence-corrected chi connectivity index (χ4v) is 3.29. The van der Waals surface area contributed by atoms with Gasteiger partial charge in [0.25, 0.3) is 0 Å². The van der Waals surface area contributed by atoms with E-state index in [1.54, 1.807) is 13.1 Å². The van der Waals surface area contributed by atoms with Gasteiger partial charge in [-0.25, -0.2) is 5.43 Å². The molecule has 0 bridgehead atoms. The van der Waals surface area contributed by atoms with E-state index in [0.29, 0.717) is 30.4 Å². The summed E-state index contributed by atoms with van der Waals surface area (Å²) >= 11 is 0. The minimum absolute atomic E-state index is 0.0693. The third-order valence-electron chi connectivity index (χ3n) is 4.92. The van der Waals surface area contributed by atoms with Crippen LogP contribution >= 0.6 is 0 Å². The van der Waals surface area contributed by atoms with E-state index in [0.717, 1.165) is 22.5 Å². The molecule has 0 saturated carbocycles. The molecule has 0 atom stereocenters. The first kappa shape index (κ1) is 19.9. The van der Waals surface area contributed by atoms with E-state index in [-0.39, 0.29) is 12.3 Å². The molecule has 0 aromatic carbocycles. The molecule has 2 aromatic rings. The van der Waals surface area contributed by atoms with Crippen molar-refractivity contribution in [3.05, 3.63) is 39.9 Å². The number of carbonyl (C=O) groups is 1. The van der Waals surface area contributed by atoms with Crippen LogP contribution in [0.25, 0.3) is 5.88 Å². The number of ether oxygens (including phenoxy) is 2. The van der Waals surface area contributed by atoms with Gasteiger partial charge in [-0.1, -0.05) is 0 Å². The number of nitrogens with one attached hydrogen (secondary N) is 1. The summed E-state index contributed by atoms with van der Waals surface area (Å²) in [5.41, 5.74) is 6.41. The third-order valence-corrected chi connectivity index (χ3v) is 4.92. The van der Waals surface area contributed by atoms with Crippen LogP contribution in [0, 0.1) is 39.0 Å². The van der Waals surface area contributed by atoms with Crippen molar-refractivity contribution in [3.63, 3.8) is 0 Å². The smallest absolute Gasteiger partial charge is 0.245 e. The minimum Gasteiger partial charge on any atom is -0.443 e. The number of aromatic nitrogens is 1. The van der Waals surface area contributed by atoms with Crippen molar-refractivity contribution < 1.29 is 18.7 Å². The van der Waals surface area contributed by atoms with Gasteiger partial charge in [-0.2, -0.15) is 10.4 Å². The Labute approximate surface area is 163 Å². The molecule has 148 valence electrons. The second-order valence-corrected chi connectivity index (χ2v) is 7.04. The lowest BCUT2D eigenvalue weighted by atomic mass is 10.2. The number of aryl methyl sites for hydroxylation is 2. The number of rotatable bonds is 5. The van der Waals surface area contributed by atoms with Crippen molar-refractivity contribution in [2.75, 3.05) is 13.2 Å². The topological polar surface area (TPSA) is 102 Å². The van der Waals surface area contributed by atoms with Gasteiger partial charge in [0.15, 0.2) is 5.79 Å². The molecule has 1 amide bonds. The quantitative estimate of drug-likeness (QED) is 0.631. The van der Waals surface area contributed by atoms with Crippen LogP contribution in [0.15, 0.2) is 15.6 Å². The molecule has 0 radical (unpaired) electrons. The van der Waals surface area contributed by atoms with Crippen LogP contribution in [0.3, 0.4) is 0 Å². The summed E-state index contributed by atoms with van der Waals surface area (Å²) in [5.74, 6) is 0.0301. The van der Waals surface area contributed by atoms with Gasteiger partial charge in [0.2, 0.25) is 11.8 Å². The number of hydrogen-bond acceptors (Lipinski definition) is 6. The van der Waals surface area contributed by atoms with Gasteiger partial charge in [-0.05, 0) is 40.7 Å². The van der Waals surface area contributed by atoms with Crippen LogP contribution in [0.5, 0.6) is 0 Å². The molecule has 1 aliphatic heterocycles. The summed E-state index contributed by atoms with van der Waals surface area (Å²) in [4.78, 5) is 12.1. The first-order chi connectivity index (χ1) is 13.3. The van der Waals surface area contributed by atoms with Crippen LogP contribution in [-0.4, -0.2) is 35.7 Å². The molecule has 0 aliphatic carbocycles. The molecule has 1 aliphatic rings. The van der Waals surface area contributed by atoms with Crippen LogP contribution in [0.4, 0.5) is 0 Å². The van der Waals surface area contributed by atoms with Crippen LogP contribution < -0.4 is 5.43 Å². The molecule has 1 fully saturated rings. The largest absolute Gasteiger partial charge is 0.443 e. The summed E-state index contributed by atoms with van der Waals surface area (Å²) in [6, 6.07) is 4.13. The summed E-state index contributed by atoms with van der Waals surface area (Å²) in [6.45, 7) is 10.2. The Morgan fingerprint density at radius 3 is 2.68 bits per heavy atom. The minimum atomic E-state index is -0.891. The predicted octanol–water partition coefficient (Wildman–Crippen LogP) is 2.78. The van der Waals surface area contributed by atoms with Crippen LogP contribution in [0.1, 0.15) is 47.2 Å². The summed E-state index contributed by atoms with van der Waals surface area (Å²) in [5, 5.41) is 13.5. The Balaban J connectivity index is 1.77. The molecule has 0 unspecified atom stereocenters. The lowest BCUT2D eigenvalue weighted by Gasteiger charge is -2.20. The van der Waals surface area contributed by atoms with E-state index < -0.39 is 5.79 Å². The maximum absolute atomic E-state index is 12.1. The number of hydrogen-bond donors (Lipinski definition) is 1. The zero-order valence-electron chi connectivity index (χ0n) is 16.8. The molecule has 2 aromatic heterocycles. The number of amides is 1. The highest BCUT2D eigenvalue weighted by atomic mass is 16.7. The predicted molar refractivity (Wildman–Crippen MR) is 102 cm³/mol. The highest BCUT2D eigenvalue weighted by Gasteiger charge is 2.33. The van der Waals surface area contributed by atoms with Crippen molar-refractivity contribution in [1.82, 2.24) is 9.99 Å². The van der Waals surface area contributed by atoms with E-state index in [9.17, 15) is 10.1 Å². The lowest BCUT2D eigenvalue weighted by Crippen LogP contribution is -2.33. The molecular formula is C20H24N4O4. The first-order valence-electron chi connectivity index (χ1n) is 9.05. The average molecular weight is 384 g/mol. The standard InChI is InChI=1S/C20H24N4O4/c1-12-8-16(11-22-23-18(25)9-20(5)26-6-7-27-20)14(3)24(12)19-17(10-21)13(2)15(4)28-19/h8,11H,6-7,9H2,1-5H3,(H,23,25)/b22-11+. The third kappa shape index (κ3) is 3.72. The van der Waals surface area contributed by atoms with Crippen molar-refractivity contribution in [2.24, 2.45) is 5.10 Å². The monoisotopic (exact) mass is 384 g/mol. The van der Waals surface area contributed by atoms with Crippen LogP contribution in [0.2, 0.25) is 0 Å². The van der Waals surface area contributed by atoms with Crippen LogP contribution in [-0.2, 0) is 14.3 Å². The van der Waals surface area contributed by atoms with Crippen molar-refractivity contribution >= 4 is 12.1 Å². The molecule has 3 heterocycles. The van der Waals surface area contributed by atoms with E-state index in [2.05, 4.69) is 16.6 Å². The molecule has 8 nitrogen and oxygen atoms in total. The molecule has 28 heavy (non-hydrogen) atoms. The van der Waals surface area contributed by atoms with Gasteiger partial charge in [0, 0.05) is 22.5 Å². The SMILES string of the molecule is Cc1oc(-n2c(C)cc(/C=N/NC(=O)CC3(C)OCCO3)c2C)c(C#N)c1C. The number of furan rings is 1. The summed E-state index contributed by atoms with van der Waals surface area (Å²) in [7, 11) is 0. The fourth-order valence-electron chi connectivity index (χ4n) is 3.29. The fraction of sp³-hybridized carbons (Fsp3) is 0.450. The first-order valence-corrected chi connectivity index (χ1v) is 9.05. The van der Waals surface area contributed by atoms with Gasteiger partial charge in [-0.15, -0.1) is 0 Å². The van der Waals surface area contributed by atoms with Gasteiger partial charge >= 0.3 is 0 Å². The summed E-state index contributed by atoms with van der Waals surface area (Å²) < 4.78 is 18.5. The average Bonchev–Trinajstić information content (AvgIpc) is 3.25. The number of carbonyl (C=O) groups excluding carboxylic acids is 1. The number of hydrazone groups is 1. The maximum atomic E-state index is 12.1. The highest BCUT2D eigenvalue weighted by Crippen LogP contribution is 2.28. The van der Waals surface area contributed by atoms with Gasteiger partial charge in [0.05, 0.1) is 25.8 Å². The molecular weight excluding hydrogens is 360 g/mol. The van der Waals surface area contributed by atoms with E-state index in [1.807, 2.05) is 38.3 Å². The lowest BCUT2D eigenvalue weighted by molar-refractivity contribution is -0.159. The highest BCUT2D eigenvalue weighted by molar-refractivity contribution is 5.84. The number of nitrogens with zero attached hydrogens (tertiary/aromatic N) is 3. The van der Waals surface area contributed by atoms with E-state index >= 15 is 0 Å². The zero-order valence-corrected chi connectivity index (χ0v) is 16.8. The second-order valence-electron chi connectivity index (χ2n) is 7.04. The van der Waals surface area contributed by atoms with Gasteiger partial charge < -0.3 is 13.9 Å². The van der Waals surface area contributed by atoms with Gasteiger partial charge in [0.1, 0.15) is 17.4 Å². The molecule has 3 rings (SSSR count). The second kappa shape index (κ2) is 7.62. The molecule has 1 N–H and O–H groups in total. The Kier molecular flexibility index (Phi) is 5.40. The van der Waals surface area contributed by atoms with Gasteiger partial charge in [-0.3, -0.25) is 9.36 Å². The van der Waals surface area contributed by atoms with E-state index in [1.165, 1.54) is 0 Å². The molecule has 0 spiro atoms. The van der Waals surface area contributed by atoms with Crippen molar-refractivity contribution in [1.29, 1.82) is 5.26 Å². The molecule has 1 saturated heterocycles. The Bertz CT molecular complexity index is 971. The number of nitriles is 1. The zero-order chi connectivity index (χ0) is 20.5.